The van der Waals surface area contributed by atoms with E-state index in [9.17, 15) is 4.79 Å². The number of piperidine rings is 1. The summed E-state index contributed by atoms with van der Waals surface area (Å²) in [5.74, 6) is 0.101. The molecule has 1 aromatic rings. The highest BCUT2D eigenvalue weighted by Crippen LogP contribution is 2.11. The van der Waals surface area contributed by atoms with Crippen molar-refractivity contribution in [3.63, 3.8) is 0 Å². The number of likely N-dealkylation sites (N-methyl/N-ethyl adjacent to an activating group) is 1. The number of benzene rings is 1. The van der Waals surface area contributed by atoms with Crippen LogP contribution in [0.1, 0.15) is 25.3 Å². The molecule has 0 bridgehead atoms. The van der Waals surface area contributed by atoms with Crippen molar-refractivity contribution in [2.75, 3.05) is 32.7 Å². The molecule has 1 saturated heterocycles. The summed E-state index contributed by atoms with van der Waals surface area (Å²) in [5.41, 5.74) is 1.41. The first-order valence-electron chi connectivity index (χ1n) is 8.04. The van der Waals surface area contributed by atoms with Gasteiger partial charge in [0.2, 0.25) is 5.91 Å². The van der Waals surface area contributed by atoms with Crippen LogP contribution in [0.4, 0.5) is 0 Å². The first-order chi connectivity index (χ1) is 10.3. The highest BCUT2D eigenvalue weighted by Gasteiger charge is 2.18. The molecule has 116 valence electrons. The molecule has 1 heterocycles. The zero-order valence-corrected chi connectivity index (χ0v) is 13.0. The fourth-order valence-corrected chi connectivity index (χ4v) is 2.79. The average molecular weight is 289 g/mol. The van der Waals surface area contributed by atoms with Crippen LogP contribution in [0.25, 0.3) is 0 Å². The molecule has 21 heavy (non-hydrogen) atoms. The van der Waals surface area contributed by atoms with Gasteiger partial charge in [-0.25, -0.2) is 0 Å². The van der Waals surface area contributed by atoms with E-state index in [0.29, 0.717) is 19.1 Å². The van der Waals surface area contributed by atoms with E-state index in [1.165, 1.54) is 5.56 Å². The highest BCUT2D eigenvalue weighted by molar-refractivity contribution is 5.77. The number of amides is 1. The van der Waals surface area contributed by atoms with Gasteiger partial charge < -0.3 is 15.5 Å². The minimum absolute atomic E-state index is 0.101. The predicted molar refractivity (Wildman–Crippen MR) is 86.3 cm³/mol. The Hall–Kier alpha value is -1.39. The van der Waals surface area contributed by atoms with Crippen LogP contribution in [-0.2, 0) is 11.2 Å². The second-order valence-electron chi connectivity index (χ2n) is 5.69. The van der Waals surface area contributed by atoms with E-state index in [2.05, 4.69) is 45.9 Å². The lowest BCUT2D eigenvalue weighted by Gasteiger charge is -2.32. The molecule has 0 saturated carbocycles. The maximum Gasteiger partial charge on any atom is 0.233 e. The SMILES string of the molecule is CCNC(=O)CNC1CCN(CCc2ccccc2)CC1. The largest absolute Gasteiger partial charge is 0.355 e. The van der Waals surface area contributed by atoms with E-state index in [4.69, 9.17) is 0 Å². The van der Waals surface area contributed by atoms with E-state index in [0.717, 1.165) is 38.9 Å². The zero-order valence-electron chi connectivity index (χ0n) is 13.0. The summed E-state index contributed by atoms with van der Waals surface area (Å²) >= 11 is 0. The van der Waals surface area contributed by atoms with Gasteiger partial charge in [-0.15, -0.1) is 0 Å². The molecule has 0 radical (unpaired) electrons. The van der Waals surface area contributed by atoms with Crippen molar-refractivity contribution in [3.05, 3.63) is 35.9 Å². The Morgan fingerprint density at radius 2 is 1.95 bits per heavy atom. The molecule has 1 aliphatic heterocycles. The molecule has 2 rings (SSSR count). The number of hydrogen-bond acceptors (Lipinski definition) is 3. The summed E-state index contributed by atoms with van der Waals surface area (Å²) in [6.07, 6.45) is 3.39. The predicted octanol–water partition coefficient (Wildman–Crippen LogP) is 1.42. The molecule has 0 aromatic heterocycles. The monoisotopic (exact) mass is 289 g/mol. The fourth-order valence-electron chi connectivity index (χ4n) is 2.79. The number of rotatable bonds is 7. The average Bonchev–Trinajstić information content (AvgIpc) is 2.53. The van der Waals surface area contributed by atoms with Gasteiger partial charge in [0.05, 0.1) is 6.54 Å². The van der Waals surface area contributed by atoms with Crippen molar-refractivity contribution in [1.82, 2.24) is 15.5 Å². The van der Waals surface area contributed by atoms with Crippen molar-refractivity contribution in [2.45, 2.75) is 32.2 Å². The van der Waals surface area contributed by atoms with Crippen molar-refractivity contribution in [3.8, 4) is 0 Å². The van der Waals surface area contributed by atoms with Gasteiger partial charge in [-0.2, -0.15) is 0 Å². The summed E-state index contributed by atoms with van der Waals surface area (Å²) in [7, 11) is 0. The maximum atomic E-state index is 11.4. The van der Waals surface area contributed by atoms with Crippen LogP contribution in [0.15, 0.2) is 30.3 Å². The smallest absolute Gasteiger partial charge is 0.233 e. The fraction of sp³-hybridized carbons (Fsp3) is 0.588. The van der Waals surface area contributed by atoms with E-state index in [1.54, 1.807) is 0 Å². The normalized spacial score (nSPS) is 16.8. The lowest BCUT2D eigenvalue weighted by atomic mass is 10.0. The summed E-state index contributed by atoms with van der Waals surface area (Å²) < 4.78 is 0. The molecular formula is C17H27N3O. The Balaban J connectivity index is 1.61. The highest BCUT2D eigenvalue weighted by atomic mass is 16.1. The van der Waals surface area contributed by atoms with Gasteiger partial charge in [0, 0.05) is 19.1 Å². The summed E-state index contributed by atoms with van der Waals surface area (Å²) in [4.78, 5) is 14.0. The standard InChI is InChI=1S/C17H27N3O/c1-2-18-17(21)14-19-16-9-12-20(13-10-16)11-8-15-6-4-3-5-7-15/h3-7,16,19H,2,8-14H2,1H3,(H,18,21). The van der Waals surface area contributed by atoms with E-state index in [-0.39, 0.29) is 5.91 Å². The lowest BCUT2D eigenvalue weighted by molar-refractivity contribution is -0.120. The molecule has 1 fully saturated rings. The third kappa shape index (κ3) is 5.86. The van der Waals surface area contributed by atoms with Crippen molar-refractivity contribution >= 4 is 5.91 Å². The van der Waals surface area contributed by atoms with E-state index >= 15 is 0 Å². The molecule has 4 nitrogen and oxygen atoms in total. The molecule has 4 heteroatoms. The quantitative estimate of drug-likeness (QED) is 0.798. The lowest BCUT2D eigenvalue weighted by Crippen LogP contribution is -2.46. The number of nitrogens with one attached hydrogen (secondary N) is 2. The Labute approximate surface area is 127 Å². The van der Waals surface area contributed by atoms with Gasteiger partial charge >= 0.3 is 0 Å². The summed E-state index contributed by atoms with van der Waals surface area (Å²) in [6, 6.07) is 11.1. The van der Waals surface area contributed by atoms with Gasteiger partial charge in [0.1, 0.15) is 0 Å². The Kier molecular flexibility index (Phi) is 6.70. The second kappa shape index (κ2) is 8.80. The molecule has 0 spiro atoms. The molecule has 0 aliphatic carbocycles. The zero-order chi connectivity index (χ0) is 14.9. The van der Waals surface area contributed by atoms with Crippen molar-refractivity contribution in [1.29, 1.82) is 0 Å². The van der Waals surface area contributed by atoms with Crippen molar-refractivity contribution < 1.29 is 4.79 Å². The van der Waals surface area contributed by atoms with E-state index in [1.807, 2.05) is 6.92 Å². The van der Waals surface area contributed by atoms with Gasteiger partial charge in [0.15, 0.2) is 0 Å². The van der Waals surface area contributed by atoms with Gasteiger partial charge in [0.25, 0.3) is 0 Å². The van der Waals surface area contributed by atoms with Crippen LogP contribution in [0, 0.1) is 0 Å². The van der Waals surface area contributed by atoms with Crippen LogP contribution in [0.2, 0.25) is 0 Å². The van der Waals surface area contributed by atoms with Gasteiger partial charge in [-0.05, 0) is 44.8 Å². The molecular weight excluding hydrogens is 262 g/mol. The first kappa shape index (κ1) is 16.0. The number of carbonyl (C=O) groups excluding carboxylic acids is 1. The summed E-state index contributed by atoms with van der Waals surface area (Å²) in [6.45, 7) is 6.48. The third-order valence-electron chi connectivity index (χ3n) is 4.07. The molecule has 2 N–H and O–H groups in total. The number of likely N-dealkylation sites (tertiary alicyclic amines) is 1. The summed E-state index contributed by atoms with van der Waals surface area (Å²) in [5, 5.41) is 6.18. The van der Waals surface area contributed by atoms with Crippen LogP contribution < -0.4 is 10.6 Å². The minimum atomic E-state index is 0.101. The van der Waals surface area contributed by atoms with Crippen molar-refractivity contribution in [2.24, 2.45) is 0 Å². The number of nitrogens with zero attached hydrogens (tertiary/aromatic N) is 1. The van der Waals surface area contributed by atoms with E-state index < -0.39 is 0 Å². The topological polar surface area (TPSA) is 44.4 Å². The molecule has 1 aliphatic rings. The van der Waals surface area contributed by atoms with Crippen LogP contribution in [0.3, 0.4) is 0 Å². The molecule has 0 atom stereocenters. The number of hydrogen-bond donors (Lipinski definition) is 2. The van der Waals surface area contributed by atoms with Gasteiger partial charge in [-0.1, -0.05) is 30.3 Å². The van der Waals surface area contributed by atoms with Gasteiger partial charge in [-0.3, -0.25) is 4.79 Å². The molecule has 1 amide bonds. The Morgan fingerprint density at radius 1 is 1.24 bits per heavy atom. The first-order valence-corrected chi connectivity index (χ1v) is 8.04. The second-order valence-corrected chi connectivity index (χ2v) is 5.69. The van der Waals surface area contributed by atoms with Crippen LogP contribution in [-0.4, -0.2) is 49.6 Å². The molecule has 1 aromatic carbocycles. The minimum Gasteiger partial charge on any atom is -0.355 e. The van der Waals surface area contributed by atoms with Crippen LogP contribution in [0.5, 0.6) is 0 Å². The Bertz CT molecular complexity index is 413. The number of carbonyl (C=O) groups is 1. The maximum absolute atomic E-state index is 11.4. The molecule has 0 unspecified atom stereocenters. The third-order valence-corrected chi connectivity index (χ3v) is 4.07. The Morgan fingerprint density at radius 3 is 2.62 bits per heavy atom. The van der Waals surface area contributed by atoms with Crippen LogP contribution >= 0.6 is 0 Å².